The van der Waals surface area contributed by atoms with Gasteiger partial charge in [-0.2, -0.15) is 5.10 Å². The highest BCUT2D eigenvalue weighted by Gasteiger charge is 2.13. The number of ketones is 1. The van der Waals surface area contributed by atoms with Crippen LogP contribution < -0.4 is 9.47 Å². The van der Waals surface area contributed by atoms with Gasteiger partial charge in [0.15, 0.2) is 0 Å². The Balaban J connectivity index is 1.71. The van der Waals surface area contributed by atoms with Crippen molar-refractivity contribution in [2.75, 3.05) is 7.11 Å². The normalized spacial score (nSPS) is 11.6. The first-order valence-electron chi connectivity index (χ1n) is 9.88. The zero-order valence-electron chi connectivity index (χ0n) is 18.2. The molecule has 0 radical (unpaired) electrons. The van der Waals surface area contributed by atoms with Crippen molar-refractivity contribution in [3.05, 3.63) is 83.2 Å². The molecule has 0 amide bonds. The maximum atomic E-state index is 12.2. The Labute approximate surface area is 178 Å². The predicted molar refractivity (Wildman–Crippen MR) is 119 cm³/mol. The van der Waals surface area contributed by atoms with Gasteiger partial charge in [-0.3, -0.25) is 9.48 Å². The maximum absolute atomic E-state index is 12.2. The van der Waals surface area contributed by atoms with Crippen LogP contribution in [0.3, 0.4) is 0 Å². The summed E-state index contributed by atoms with van der Waals surface area (Å²) < 4.78 is 13.0. The number of rotatable bonds is 7. The number of aromatic nitrogens is 2. The molecule has 2 aromatic carbocycles. The van der Waals surface area contributed by atoms with Crippen molar-refractivity contribution in [3.8, 4) is 11.5 Å². The van der Waals surface area contributed by atoms with E-state index < -0.39 is 0 Å². The van der Waals surface area contributed by atoms with Crippen LogP contribution in [0.2, 0.25) is 0 Å². The maximum Gasteiger partial charge on any atom is 0.206 e. The Morgan fingerprint density at radius 1 is 1.10 bits per heavy atom. The van der Waals surface area contributed by atoms with E-state index in [0.717, 1.165) is 22.6 Å². The van der Waals surface area contributed by atoms with Crippen LogP contribution in [0.5, 0.6) is 11.5 Å². The second kappa shape index (κ2) is 8.99. The molecule has 0 saturated heterocycles. The van der Waals surface area contributed by atoms with Crippen LogP contribution in [0.4, 0.5) is 0 Å². The molecule has 0 saturated carbocycles. The Morgan fingerprint density at radius 2 is 1.83 bits per heavy atom. The third-order valence-corrected chi connectivity index (χ3v) is 4.81. The van der Waals surface area contributed by atoms with Crippen LogP contribution in [-0.4, -0.2) is 22.7 Å². The molecule has 0 fully saturated rings. The molecule has 156 valence electrons. The summed E-state index contributed by atoms with van der Waals surface area (Å²) in [6.07, 6.45) is 5.05. The minimum absolute atomic E-state index is 0.106. The van der Waals surface area contributed by atoms with Gasteiger partial charge in [0.2, 0.25) is 5.78 Å². The zero-order valence-corrected chi connectivity index (χ0v) is 18.2. The summed E-state index contributed by atoms with van der Waals surface area (Å²) in [5.74, 6) is 1.41. The number of aryl methyl sites for hydroxylation is 1. The van der Waals surface area contributed by atoms with Gasteiger partial charge in [0.25, 0.3) is 0 Å². The molecule has 0 bridgehead atoms. The number of ether oxygens (including phenoxy) is 2. The average Bonchev–Trinajstić information content (AvgIpc) is 3.16. The number of methoxy groups -OCH3 is 1. The highest BCUT2D eigenvalue weighted by Crippen LogP contribution is 2.26. The van der Waals surface area contributed by atoms with Crippen LogP contribution in [0.15, 0.2) is 60.8 Å². The van der Waals surface area contributed by atoms with E-state index in [-0.39, 0.29) is 11.2 Å². The fourth-order valence-electron chi connectivity index (χ4n) is 3.03. The van der Waals surface area contributed by atoms with E-state index >= 15 is 0 Å². The summed E-state index contributed by atoms with van der Waals surface area (Å²) in [6, 6.07) is 15.6. The zero-order chi connectivity index (χ0) is 21.7. The highest BCUT2D eigenvalue weighted by molar-refractivity contribution is 6.05. The van der Waals surface area contributed by atoms with Crippen molar-refractivity contribution in [1.82, 2.24) is 9.78 Å². The van der Waals surface area contributed by atoms with Crippen molar-refractivity contribution in [2.24, 2.45) is 7.05 Å². The lowest BCUT2D eigenvalue weighted by Crippen LogP contribution is -2.10. The number of carbonyl (C=O) groups is 1. The van der Waals surface area contributed by atoms with E-state index in [4.69, 9.17) is 9.47 Å². The smallest absolute Gasteiger partial charge is 0.206 e. The first-order chi connectivity index (χ1) is 14.3. The van der Waals surface area contributed by atoms with Gasteiger partial charge in [0.05, 0.1) is 7.11 Å². The Morgan fingerprint density at radius 3 is 2.43 bits per heavy atom. The molecule has 30 heavy (non-hydrogen) atoms. The molecule has 1 heterocycles. The average molecular weight is 405 g/mol. The monoisotopic (exact) mass is 404 g/mol. The summed E-state index contributed by atoms with van der Waals surface area (Å²) in [4.78, 5) is 12.2. The lowest BCUT2D eigenvalue weighted by atomic mass is 9.87. The van der Waals surface area contributed by atoms with Gasteiger partial charge in [0.1, 0.15) is 23.8 Å². The van der Waals surface area contributed by atoms with Gasteiger partial charge in [-0.1, -0.05) is 45.0 Å². The molecule has 0 unspecified atom stereocenters. The molecule has 5 heteroatoms. The van der Waals surface area contributed by atoms with Crippen LogP contribution in [0.25, 0.3) is 6.08 Å². The molecular weight excluding hydrogens is 376 g/mol. The molecule has 0 aliphatic heterocycles. The summed E-state index contributed by atoms with van der Waals surface area (Å²) in [5, 5.41) is 4.13. The van der Waals surface area contributed by atoms with Crippen molar-refractivity contribution in [1.29, 1.82) is 0 Å². The summed E-state index contributed by atoms with van der Waals surface area (Å²) >= 11 is 0. The van der Waals surface area contributed by atoms with Crippen LogP contribution in [0.1, 0.15) is 48.0 Å². The SMILES string of the molecule is COc1ccc(/C=C/C(=O)c2ccn(C)n2)cc1COc1ccc(C(C)(C)C)cc1. The lowest BCUT2D eigenvalue weighted by Gasteiger charge is -2.19. The molecule has 3 aromatic rings. The fourth-order valence-corrected chi connectivity index (χ4v) is 3.03. The highest BCUT2D eigenvalue weighted by atomic mass is 16.5. The first-order valence-corrected chi connectivity index (χ1v) is 9.88. The van der Waals surface area contributed by atoms with E-state index in [0.29, 0.717) is 12.3 Å². The van der Waals surface area contributed by atoms with Crippen molar-refractivity contribution in [2.45, 2.75) is 32.8 Å². The molecule has 0 aliphatic rings. The van der Waals surface area contributed by atoms with Crippen LogP contribution in [0, 0.1) is 0 Å². The molecule has 3 rings (SSSR count). The lowest BCUT2D eigenvalue weighted by molar-refractivity contribution is 0.104. The van der Waals surface area contributed by atoms with Gasteiger partial charge in [-0.05, 0) is 52.9 Å². The first kappa shape index (κ1) is 21.4. The Bertz CT molecular complexity index is 1040. The van der Waals surface area contributed by atoms with Crippen molar-refractivity contribution >= 4 is 11.9 Å². The molecule has 1 aromatic heterocycles. The minimum atomic E-state index is -0.136. The Hall–Kier alpha value is -3.34. The number of carbonyl (C=O) groups excluding carboxylic acids is 1. The molecule has 0 atom stereocenters. The Kier molecular flexibility index (Phi) is 6.40. The fraction of sp³-hybridized carbons (Fsp3) is 0.280. The molecule has 0 spiro atoms. The standard InChI is InChI=1S/C25H28N2O3/c1-25(2,3)20-8-10-21(11-9-20)30-17-19-16-18(7-13-24(19)29-5)6-12-23(28)22-14-15-27(4)26-22/h6-16H,17H2,1-5H3/b12-6+. The topological polar surface area (TPSA) is 53.4 Å². The van der Waals surface area contributed by atoms with Crippen molar-refractivity contribution < 1.29 is 14.3 Å². The number of nitrogens with zero attached hydrogens (tertiary/aromatic N) is 2. The summed E-state index contributed by atoms with van der Waals surface area (Å²) in [5.41, 5.74) is 3.59. The molecule has 0 N–H and O–H groups in total. The summed E-state index contributed by atoms with van der Waals surface area (Å²) in [7, 11) is 3.42. The third kappa shape index (κ3) is 5.38. The predicted octanol–water partition coefficient (Wildman–Crippen LogP) is 5.20. The van der Waals surface area contributed by atoms with Gasteiger partial charge in [-0.25, -0.2) is 0 Å². The van der Waals surface area contributed by atoms with Crippen LogP contribution in [-0.2, 0) is 19.1 Å². The van der Waals surface area contributed by atoms with Gasteiger partial charge < -0.3 is 9.47 Å². The number of hydrogen-bond donors (Lipinski definition) is 0. The number of allylic oxidation sites excluding steroid dienone is 1. The van der Waals surface area contributed by atoms with Crippen LogP contribution >= 0.6 is 0 Å². The second-order valence-corrected chi connectivity index (χ2v) is 8.21. The van der Waals surface area contributed by atoms with E-state index in [9.17, 15) is 4.79 Å². The number of benzene rings is 2. The third-order valence-electron chi connectivity index (χ3n) is 4.81. The minimum Gasteiger partial charge on any atom is -0.496 e. The largest absolute Gasteiger partial charge is 0.496 e. The van der Waals surface area contributed by atoms with Gasteiger partial charge in [0, 0.05) is 18.8 Å². The van der Waals surface area contributed by atoms with E-state index in [1.54, 1.807) is 37.2 Å². The molecule has 0 aliphatic carbocycles. The van der Waals surface area contributed by atoms with Gasteiger partial charge >= 0.3 is 0 Å². The van der Waals surface area contributed by atoms with E-state index in [1.165, 1.54) is 11.6 Å². The molecule has 5 nitrogen and oxygen atoms in total. The van der Waals surface area contributed by atoms with E-state index in [2.05, 4.69) is 38.0 Å². The van der Waals surface area contributed by atoms with E-state index in [1.807, 2.05) is 30.3 Å². The summed E-state index contributed by atoms with van der Waals surface area (Å²) in [6.45, 7) is 6.93. The van der Waals surface area contributed by atoms with Gasteiger partial charge in [-0.15, -0.1) is 0 Å². The van der Waals surface area contributed by atoms with Crippen molar-refractivity contribution in [3.63, 3.8) is 0 Å². The molecular formula is C25H28N2O3. The second-order valence-electron chi connectivity index (χ2n) is 8.21. The quantitative estimate of drug-likeness (QED) is 0.401. The number of hydrogen-bond acceptors (Lipinski definition) is 4.